The van der Waals surface area contributed by atoms with Gasteiger partial charge in [-0.1, -0.05) is 63.9 Å². The van der Waals surface area contributed by atoms with Gasteiger partial charge < -0.3 is 15.7 Å². The van der Waals surface area contributed by atoms with Crippen LogP contribution in [-0.4, -0.2) is 35.5 Å². The first-order valence-corrected chi connectivity index (χ1v) is 13.6. The van der Waals surface area contributed by atoms with Crippen LogP contribution in [0.4, 0.5) is 4.39 Å². The molecule has 2 aliphatic rings. The highest BCUT2D eigenvalue weighted by atomic mass is 19.1. The van der Waals surface area contributed by atoms with Gasteiger partial charge in [0.05, 0.1) is 12.1 Å². The Morgan fingerprint density at radius 2 is 1.76 bits per heavy atom. The minimum absolute atomic E-state index is 0.0517. The molecule has 3 N–H and O–H groups in total. The van der Waals surface area contributed by atoms with E-state index >= 15 is 0 Å². The molecule has 2 aliphatic carbocycles. The molecule has 0 aromatic heterocycles. The zero-order chi connectivity index (χ0) is 26.8. The Bertz CT molecular complexity index is 1120. The van der Waals surface area contributed by atoms with Crippen LogP contribution in [0.5, 0.6) is 0 Å². The number of halogens is 1. The predicted molar refractivity (Wildman–Crippen MR) is 144 cm³/mol. The first-order valence-electron chi connectivity index (χ1n) is 13.6. The summed E-state index contributed by atoms with van der Waals surface area (Å²) in [5, 5.41) is 17.6. The summed E-state index contributed by atoms with van der Waals surface area (Å²) >= 11 is 0. The van der Waals surface area contributed by atoms with E-state index in [1.54, 1.807) is 12.1 Å². The van der Waals surface area contributed by atoms with Crippen molar-refractivity contribution in [3.63, 3.8) is 0 Å². The van der Waals surface area contributed by atoms with E-state index in [1.165, 1.54) is 24.6 Å². The van der Waals surface area contributed by atoms with Crippen molar-refractivity contribution in [3.8, 4) is 0 Å². The van der Waals surface area contributed by atoms with E-state index < -0.39 is 12.1 Å². The van der Waals surface area contributed by atoms with Crippen molar-refractivity contribution in [2.24, 2.45) is 10.8 Å². The third-order valence-corrected chi connectivity index (χ3v) is 7.90. The molecule has 2 aromatic carbocycles. The molecule has 5 nitrogen and oxygen atoms in total. The highest BCUT2D eigenvalue weighted by molar-refractivity contribution is 6.03. The minimum atomic E-state index is -0.854. The van der Waals surface area contributed by atoms with Crippen LogP contribution in [0.15, 0.2) is 42.5 Å². The van der Waals surface area contributed by atoms with Crippen LogP contribution in [0.3, 0.4) is 0 Å². The number of hydrogen-bond acceptors (Lipinski definition) is 4. The monoisotopic (exact) mass is 508 g/mol. The van der Waals surface area contributed by atoms with Gasteiger partial charge in [0.15, 0.2) is 5.78 Å². The minimum Gasteiger partial charge on any atom is -0.390 e. The summed E-state index contributed by atoms with van der Waals surface area (Å²) in [5.41, 5.74) is 3.68. The van der Waals surface area contributed by atoms with Crippen molar-refractivity contribution < 1.29 is 19.1 Å². The second-order valence-corrected chi connectivity index (χ2v) is 12.3. The lowest BCUT2D eigenvalue weighted by molar-refractivity contribution is -0.120. The Morgan fingerprint density at radius 1 is 1.11 bits per heavy atom. The molecule has 3 atom stereocenters. The van der Waals surface area contributed by atoms with E-state index in [-0.39, 0.29) is 40.9 Å². The Hall–Kier alpha value is -2.57. The Balaban J connectivity index is 1.55. The molecule has 0 saturated heterocycles. The quantitative estimate of drug-likeness (QED) is 0.452. The van der Waals surface area contributed by atoms with Crippen LogP contribution in [0.25, 0.3) is 0 Å². The molecule has 4 rings (SSSR count). The number of carbonyl (C=O) groups excluding carboxylic acids is 2. The summed E-state index contributed by atoms with van der Waals surface area (Å²) in [5.74, 6) is -0.274. The molecule has 0 heterocycles. The number of amides is 1. The zero-order valence-corrected chi connectivity index (χ0v) is 22.6. The molecule has 0 bridgehead atoms. The number of rotatable bonds is 8. The van der Waals surface area contributed by atoms with Gasteiger partial charge in [0.25, 0.3) is 0 Å². The van der Waals surface area contributed by atoms with E-state index in [4.69, 9.17) is 0 Å². The highest BCUT2D eigenvalue weighted by Gasteiger charge is 2.47. The largest absolute Gasteiger partial charge is 0.390 e. The van der Waals surface area contributed by atoms with Gasteiger partial charge >= 0.3 is 0 Å². The summed E-state index contributed by atoms with van der Waals surface area (Å²) < 4.78 is 13.4. The van der Waals surface area contributed by atoms with Crippen molar-refractivity contribution in [2.75, 3.05) is 6.54 Å². The van der Waals surface area contributed by atoms with Crippen molar-refractivity contribution in [1.29, 1.82) is 0 Å². The zero-order valence-electron chi connectivity index (χ0n) is 22.6. The molecule has 37 heavy (non-hydrogen) atoms. The molecule has 2 aromatic rings. The molecule has 6 heteroatoms. The normalized spacial score (nSPS) is 20.5. The Kier molecular flexibility index (Phi) is 8.20. The van der Waals surface area contributed by atoms with Gasteiger partial charge in [-0.25, -0.2) is 4.39 Å². The van der Waals surface area contributed by atoms with Gasteiger partial charge in [0.1, 0.15) is 5.82 Å². The Morgan fingerprint density at radius 3 is 2.38 bits per heavy atom. The first kappa shape index (κ1) is 27.5. The van der Waals surface area contributed by atoms with Gasteiger partial charge in [-0.15, -0.1) is 0 Å². The summed E-state index contributed by atoms with van der Waals surface area (Å²) in [7, 11) is 0. The maximum absolute atomic E-state index is 13.6. The van der Waals surface area contributed by atoms with Gasteiger partial charge in [0.2, 0.25) is 5.91 Å². The third kappa shape index (κ3) is 6.66. The predicted octanol–water partition coefficient (Wildman–Crippen LogP) is 5.30. The number of fused-ring (bicyclic) bond motifs is 1. The molecule has 0 radical (unpaired) electrons. The maximum atomic E-state index is 13.6. The summed E-state index contributed by atoms with van der Waals surface area (Å²) in [4.78, 5) is 25.5. The van der Waals surface area contributed by atoms with Crippen LogP contribution in [-0.2, 0) is 17.6 Å². The van der Waals surface area contributed by atoms with Gasteiger partial charge in [0, 0.05) is 30.5 Å². The van der Waals surface area contributed by atoms with Crippen LogP contribution in [0.1, 0.15) is 92.9 Å². The molecule has 1 spiro atoms. The van der Waals surface area contributed by atoms with Crippen LogP contribution in [0.2, 0.25) is 0 Å². The van der Waals surface area contributed by atoms with Gasteiger partial charge in [-0.3, -0.25) is 9.59 Å². The number of nitrogens with one attached hydrogen (secondary N) is 2. The van der Waals surface area contributed by atoms with E-state index in [0.29, 0.717) is 6.42 Å². The fourth-order valence-corrected chi connectivity index (χ4v) is 6.20. The summed E-state index contributed by atoms with van der Waals surface area (Å²) in [6.07, 6.45) is 5.14. The fourth-order valence-electron chi connectivity index (χ4n) is 6.20. The molecule has 1 amide bonds. The van der Waals surface area contributed by atoms with Crippen molar-refractivity contribution in [1.82, 2.24) is 10.6 Å². The SMILES string of the molecule is CC(=O)N[C@@H](Cc1ccc(F)cc1)[C@@H](O)CN[C@H]1CC2(CCCC2)C(=O)c2ccc(CC(C)(C)C)cc21. The highest BCUT2D eigenvalue weighted by Crippen LogP contribution is 2.51. The molecule has 200 valence electrons. The van der Waals surface area contributed by atoms with E-state index in [0.717, 1.165) is 55.2 Å². The lowest BCUT2D eigenvalue weighted by atomic mass is 9.67. The first-order chi connectivity index (χ1) is 17.5. The lowest BCUT2D eigenvalue weighted by Crippen LogP contribution is -2.49. The average molecular weight is 509 g/mol. The molecule has 1 fully saturated rings. The number of aliphatic hydroxyl groups is 1. The number of ketones is 1. The second kappa shape index (κ2) is 11.0. The number of benzene rings is 2. The van der Waals surface area contributed by atoms with Crippen LogP contribution < -0.4 is 10.6 Å². The Labute approximate surface area is 220 Å². The second-order valence-electron chi connectivity index (χ2n) is 12.3. The number of Topliss-reactive ketones (excluding diaryl/α,β-unsaturated/α-hetero) is 1. The topological polar surface area (TPSA) is 78.4 Å². The lowest BCUT2D eigenvalue weighted by Gasteiger charge is -2.39. The number of aliphatic hydroxyl groups excluding tert-OH is 1. The fraction of sp³-hybridized carbons (Fsp3) is 0.548. The maximum Gasteiger partial charge on any atom is 0.217 e. The van der Waals surface area contributed by atoms with Gasteiger partial charge in [-0.05, 0) is 66.3 Å². The average Bonchev–Trinajstić information content (AvgIpc) is 3.29. The standard InChI is InChI=1S/C31H41FN2O3/c1-20(35)34-26(16-21-7-10-23(32)11-8-21)28(36)19-33-27-18-31(13-5-6-14-31)29(37)24-12-9-22(15-25(24)27)17-30(2,3)4/h7-12,15,26-28,33,36H,5-6,13-14,16-19H2,1-4H3,(H,34,35)/t26-,27-,28-/m0/s1. The smallest absolute Gasteiger partial charge is 0.217 e. The van der Waals surface area contributed by atoms with Gasteiger partial charge in [-0.2, -0.15) is 0 Å². The molecule has 1 saturated carbocycles. The third-order valence-electron chi connectivity index (χ3n) is 7.90. The molecule has 0 unspecified atom stereocenters. The molecular weight excluding hydrogens is 467 g/mol. The van der Waals surface area contributed by atoms with Crippen molar-refractivity contribution in [3.05, 3.63) is 70.5 Å². The summed E-state index contributed by atoms with van der Waals surface area (Å²) in [6, 6.07) is 11.8. The van der Waals surface area contributed by atoms with E-state index in [2.05, 4.69) is 43.5 Å². The van der Waals surface area contributed by atoms with Crippen LogP contribution >= 0.6 is 0 Å². The van der Waals surface area contributed by atoms with Crippen molar-refractivity contribution >= 4 is 11.7 Å². The van der Waals surface area contributed by atoms with Crippen molar-refractivity contribution in [2.45, 2.75) is 90.8 Å². The van der Waals surface area contributed by atoms with E-state index in [1.807, 2.05) is 6.07 Å². The van der Waals surface area contributed by atoms with Crippen LogP contribution in [0, 0.1) is 16.6 Å². The number of carbonyl (C=O) groups is 2. The molecule has 0 aliphatic heterocycles. The molecular formula is C31H41FN2O3. The number of hydrogen-bond donors (Lipinski definition) is 3. The van der Waals surface area contributed by atoms with E-state index in [9.17, 15) is 19.1 Å². The summed E-state index contributed by atoms with van der Waals surface area (Å²) in [6.45, 7) is 8.33.